The lowest BCUT2D eigenvalue weighted by Crippen LogP contribution is -2.70. The van der Waals surface area contributed by atoms with Crippen molar-refractivity contribution in [1.82, 2.24) is 0 Å². The van der Waals surface area contributed by atoms with E-state index in [1.165, 1.54) is 20.8 Å². The Morgan fingerprint density at radius 1 is 0.690 bits per heavy atom. The molecule has 0 saturated carbocycles. The van der Waals surface area contributed by atoms with Crippen LogP contribution in [0.2, 0.25) is 0 Å². The van der Waals surface area contributed by atoms with Gasteiger partial charge in [0, 0.05) is 6.42 Å². The molecule has 0 heterocycles. The van der Waals surface area contributed by atoms with Crippen LogP contribution in [0, 0.1) is 5.41 Å². The highest BCUT2D eigenvalue weighted by Crippen LogP contribution is 2.60. The van der Waals surface area contributed by atoms with Crippen LogP contribution in [0.4, 0.5) is 57.1 Å². The largest absolute Gasteiger partial charge is 0.460 e. The molecule has 0 saturated heterocycles. The first kappa shape index (κ1) is 28.0. The van der Waals surface area contributed by atoms with Crippen molar-refractivity contribution in [3.63, 3.8) is 0 Å². The third-order valence-corrected chi connectivity index (χ3v) is 4.63. The maximum absolute atomic E-state index is 13.7. The minimum absolute atomic E-state index is 0.0617. The first-order valence-electron chi connectivity index (χ1n) is 7.74. The summed E-state index contributed by atoms with van der Waals surface area (Å²) in [5.74, 6) is -37.0. The van der Waals surface area contributed by atoms with Gasteiger partial charge in [-0.2, -0.15) is 57.1 Å². The highest BCUT2D eigenvalue weighted by molar-refractivity contribution is 5.10. The zero-order chi connectivity index (χ0) is 23.9. The molecule has 29 heavy (non-hydrogen) atoms. The van der Waals surface area contributed by atoms with Gasteiger partial charge in [0.1, 0.15) is 0 Å². The van der Waals surface area contributed by atoms with Crippen molar-refractivity contribution < 1.29 is 67.2 Å². The summed E-state index contributed by atoms with van der Waals surface area (Å²) < 4.78 is 169. The molecule has 176 valence electrons. The van der Waals surface area contributed by atoms with Gasteiger partial charge in [0.25, 0.3) is 0 Å². The lowest BCUT2D eigenvalue weighted by Gasteiger charge is -2.40. The molecular formula is C14H17F13O2. The molecule has 0 aromatic carbocycles. The number of hydrogen-bond donors (Lipinski definition) is 1. The van der Waals surface area contributed by atoms with E-state index < -0.39 is 60.1 Å². The average molecular weight is 464 g/mol. The molecular weight excluding hydrogens is 447 g/mol. The summed E-state index contributed by atoms with van der Waals surface area (Å²) in [6.07, 6.45) is -12.8. The number of rotatable bonds is 10. The standard InChI is InChI=1S/C14H17F13O2/c1-4-8(2,3)7(29-28)5-6-9(15,16)10(17,18)11(19,20)12(21,22)13(23,24)14(25,26)27/h7,28H,4-6H2,1-3H3. The highest BCUT2D eigenvalue weighted by Gasteiger charge is 2.90. The Balaban J connectivity index is 5.99. The Hall–Kier alpha value is -0.990. The molecule has 0 aliphatic heterocycles. The second-order valence-electron chi connectivity index (χ2n) is 6.97. The Morgan fingerprint density at radius 2 is 1.07 bits per heavy atom. The fourth-order valence-corrected chi connectivity index (χ4v) is 2.09. The smallest absolute Gasteiger partial charge is 0.252 e. The second kappa shape index (κ2) is 7.93. The van der Waals surface area contributed by atoms with Gasteiger partial charge in [-0.25, -0.2) is 4.89 Å². The van der Waals surface area contributed by atoms with Crippen molar-refractivity contribution in [2.75, 3.05) is 0 Å². The molecule has 0 aliphatic carbocycles. The third kappa shape index (κ3) is 4.54. The molecule has 1 atom stereocenters. The Bertz CT molecular complexity index is 554. The van der Waals surface area contributed by atoms with Gasteiger partial charge in [-0.3, -0.25) is 5.26 Å². The summed E-state index contributed by atoms with van der Waals surface area (Å²) in [5.41, 5.74) is -1.21. The van der Waals surface area contributed by atoms with E-state index in [0.717, 1.165) is 0 Å². The van der Waals surface area contributed by atoms with Gasteiger partial charge in [-0.1, -0.05) is 20.8 Å². The van der Waals surface area contributed by atoms with E-state index in [-0.39, 0.29) is 6.42 Å². The van der Waals surface area contributed by atoms with E-state index in [2.05, 4.69) is 4.89 Å². The van der Waals surface area contributed by atoms with Gasteiger partial charge in [0.05, 0.1) is 6.10 Å². The Kier molecular flexibility index (Phi) is 7.66. The van der Waals surface area contributed by atoms with E-state index in [0.29, 0.717) is 0 Å². The zero-order valence-electron chi connectivity index (χ0n) is 15.0. The van der Waals surface area contributed by atoms with Crippen molar-refractivity contribution in [1.29, 1.82) is 0 Å². The molecule has 1 N–H and O–H groups in total. The normalized spacial score (nSPS) is 16.9. The van der Waals surface area contributed by atoms with Gasteiger partial charge in [0.2, 0.25) is 0 Å². The van der Waals surface area contributed by atoms with E-state index in [4.69, 9.17) is 5.26 Å². The molecule has 0 rings (SSSR count). The molecule has 15 heteroatoms. The minimum atomic E-state index is -7.92. The van der Waals surface area contributed by atoms with E-state index in [1.54, 1.807) is 0 Å². The van der Waals surface area contributed by atoms with Crippen LogP contribution in [0.1, 0.15) is 40.0 Å². The van der Waals surface area contributed by atoms with Crippen LogP contribution in [0.5, 0.6) is 0 Å². The van der Waals surface area contributed by atoms with Gasteiger partial charge in [-0.15, -0.1) is 0 Å². The molecule has 0 spiro atoms. The highest BCUT2D eigenvalue weighted by atomic mass is 19.4. The molecule has 1 unspecified atom stereocenters. The van der Waals surface area contributed by atoms with Gasteiger partial charge in [-0.05, 0) is 18.3 Å². The van der Waals surface area contributed by atoms with Crippen LogP contribution in [0.15, 0.2) is 0 Å². The van der Waals surface area contributed by atoms with Crippen molar-refractivity contribution in [3.05, 3.63) is 0 Å². The SMILES string of the molecule is CCC(C)(C)C(CCC(F)(F)C(F)(F)C(F)(F)C(F)(F)C(F)(F)C(F)(F)F)OO. The molecule has 0 amide bonds. The topological polar surface area (TPSA) is 29.5 Å². The quantitative estimate of drug-likeness (QED) is 0.219. The maximum atomic E-state index is 13.7. The lowest BCUT2D eigenvalue weighted by atomic mass is 9.80. The molecule has 2 nitrogen and oxygen atoms in total. The lowest BCUT2D eigenvalue weighted by molar-refractivity contribution is -0.440. The van der Waals surface area contributed by atoms with Crippen LogP contribution >= 0.6 is 0 Å². The van der Waals surface area contributed by atoms with E-state index >= 15 is 0 Å². The fraction of sp³-hybridized carbons (Fsp3) is 1.00. The van der Waals surface area contributed by atoms with Crippen LogP contribution in [-0.4, -0.2) is 47.2 Å². The summed E-state index contributed by atoms with van der Waals surface area (Å²) in [6.45, 7) is 3.94. The van der Waals surface area contributed by atoms with Gasteiger partial charge in [0.15, 0.2) is 0 Å². The number of halogens is 13. The molecule has 0 radical (unpaired) electrons. The summed E-state index contributed by atoms with van der Waals surface area (Å²) in [5, 5.41) is 8.65. The van der Waals surface area contributed by atoms with Gasteiger partial charge < -0.3 is 0 Å². The number of hydrogen-bond acceptors (Lipinski definition) is 2. The van der Waals surface area contributed by atoms with Crippen LogP contribution in [0.25, 0.3) is 0 Å². The molecule has 0 aliphatic rings. The van der Waals surface area contributed by atoms with Crippen LogP contribution in [0.3, 0.4) is 0 Å². The maximum Gasteiger partial charge on any atom is 0.460 e. The summed E-state index contributed by atoms with van der Waals surface area (Å²) in [6, 6.07) is 0. The predicted molar refractivity (Wildman–Crippen MR) is 71.6 cm³/mol. The Morgan fingerprint density at radius 3 is 1.38 bits per heavy atom. The van der Waals surface area contributed by atoms with Crippen LogP contribution in [-0.2, 0) is 4.89 Å². The second-order valence-corrected chi connectivity index (χ2v) is 6.97. The van der Waals surface area contributed by atoms with Crippen molar-refractivity contribution in [2.45, 2.75) is 81.9 Å². The van der Waals surface area contributed by atoms with Gasteiger partial charge >= 0.3 is 35.8 Å². The fourth-order valence-electron chi connectivity index (χ4n) is 2.09. The van der Waals surface area contributed by atoms with E-state index in [9.17, 15) is 57.1 Å². The first-order chi connectivity index (χ1) is 12.5. The minimum Gasteiger partial charge on any atom is -0.252 e. The molecule has 0 fully saturated rings. The Labute approximate surface area is 155 Å². The van der Waals surface area contributed by atoms with Crippen molar-refractivity contribution in [3.8, 4) is 0 Å². The summed E-state index contributed by atoms with van der Waals surface area (Å²) in [7, 11) is 0. The number of alkyl halides is 13. The summed E-state index contributed by atoms with van der Waals surface area (Å²) in [4.78, 5) is 3.78. The predicted octanol–water partition coefficient (Wildman–Crippen LogP) is 6.80. The molecule has 0 aromatic heterocycles. The third-order valence-electron chi connectivity index (χ3n) is 4.63. The van der Waals surface area contributed by atoms with Crippen LogP contribution < -0.4 is 0 Å². The monoisotopic (exact) mass is 464 g/mol. The molecule has 0 aromatic rings. The van der Waals surface area contributed by atoms with Crippen molar-refractivity contribution in [2.24, 2.45) is 5.41 Å². The molecule has 0 bridgehead atoms. The van der Waals surface area contributed by atoms with Crippen molar-refractivity contribution >= 4 is 0 Å². The first-order valence-corrected chi connectivity index (χ1v) is 7.74. The average Bonchev–Trinajstić information content (AvgIpc) is 2.53. The summed E-state index contributed by atoms with van der Waals surface area (Å²) >= 11 is 0. The zero-order valence-corrected chi connectivity index (χ0v) is 15.0. The van der Waals surface area contributed by atoms with E-state index in [1.807, 2.05) is 0 Å².